The number of hydrogen-bond acceptors (Lipinski definition) is 5. The fourth-order valence-corrected chi connectivity index (χ4v) is 8.08. The van der Waals surface area contributed by atoms with Crippen LogP contribution < -0.4 is 0 Å². The van der Waals surface area contributed by atoms with Crippen molar-refractivity contribution in [3.05, 3.63) is 209 Å². The predicted octanol–water partition coefficient (Wildman–Crippen LogP) is 14.2. The topological polar surface area (TPSA) is 75.6 Å². The van der Waals surface area contributed by atoms with E-state index in [0.29, 0.717) is 44.3 Å². The molecule has 9 rings (SSSR count). The zero-order valence-corrected chi connectivity index (χ0v) is 36.2. The van der Waals surface area contributed by atoms with Gasteiger partial charge in [-0.2, -0.15) is 5.26 Å². The number of nitrogens with zero attached hydrogens (tertiary/aromatic N) is 4. The first-order chi connectivity index (χ1) is 33.5. The molecule has 5 aromatic carbocycles. The van der Waals surface area contributed by atoms with Gasteiger partial charge in [0, 0.05) is 54.3 Å². The smallest absolute Gasteiger partial charge is 0.144 e. The van der Waals surface area contributed by atoms with E-state index >= 15 is 0 Å². The van der Waals surface area contributed by atoms with Crippen LogP contribution in [0.25, 0.3) is 55.7 Å². The molecule has 0 aliphatic heterocycles. The average Bonchev–Trinajstić information content (AvgIpc) is 3.75. The van der Waals surface area contributed by atoms with Gasteiger partial charge in [-0.15, -0.1) is 0 Å². The molecular formula is C58H52N4O. The Bertz CT molecular complexity index is 3370. The van der Waals surface area contributed by atoms with E-state index in [4.69, 9.17) is 22.1 Å². The van der Waals surface area contributed by atoms with Crippen molar-refractivity contribution in [2.24, 2.45) is 0 Å². The van der Waals surface area contributed by atoms with E-state index in [0.717, 1.165) is 22.5 Å². The number of fused-ring (bicyclic) bond motifs is 3. The van der Waals surface area contributed by atoms with Gasteiger partial charge in [0.05, 0.1) is 31.5 Å². The lowest BCUT2D eigenvalue weighted by Gasteiger charge is -2.31. The second-order valence-electron chi connectivity index (χ2n) is 17.5. The molecule has 9 aromatic rings. The standard InChI is InChI=1S/C58H52N4O/c1-56(2,45-22-26-51(61-37-45)43-14-9-7-10-15-43)33-41-28-42(34-57(3,4)46-23-27-52(62-38-46)44-16-11-8-12-17-44)30-47(29-41)58(5,6)32-40-21-25-53(60-36-40)50-19-13-18-49-48-24-20-39(35-59)31-54(48)63-55(49)50/h7-31,36-38H,32-34H2,1-6H3/i20D,31D,32D2,33D2,34D2. The number of benzene rings is 5. The highest BCUT2D eigenvalue weighted by molar-refractivity contribution is 6.09. The molecule has 0 atom stereocenters. The summed E-state index contributed by atoms with van der Waals surface area (Å²) < 4.78 is 82.7. The second-order valence-corrected chi connectivity index (χ2v) is 17.5. The molecule has 63 heavy (non-hydrogen) atoms. The van der Waals surface area contributed by atoms with Crippen molar-refractivity contribution < 1.29 is 15.4 Å². The van der Waals surface area contributed by atoms with Crippen LogP contribution in [0, 0.1) is 11.3 Å². The van der Waals surface area contributed by atoms with Crippen LogP contribution in [0.15, 0.2) is 175 Å². The minimum absolute atomic E-state index is 0.0694. The summed E-state index contributed by atoms with van der Waals surface area (Å²) in [6, 6.07) is 44.0. The molecule has 0 spiro atoms. The number of aromatic nitrogens is 3. The monoisotopic (exact) mass is 828 g/mol. The van der Waals surface area contributed by atoms with Crippen LogP contribution in [-0.2, 0) is 35.4 Å². The fourth-order valence-electron chi connectivity index (χ4n) is 8.08. The minimum Gasteiger partial charge on any atom is -0.455 e. The summed E-state index contributed by atoms with van der Waals surface area (Å²) in [5.41, 5.74) is 3.36. The molecule has 5 nitrogen and oxygen atoms in total. The number of rotatable bonds is 12. The lowest BCUT2D eigenvalue weighted by molar-refractivity contribution is 0.499. The van der Waals surface area contributed by atoms with Gasteiger partial charge in [-0.25, -0.2) is 0 Å². The maximum atomic E-state index is 9.97. The molecule has 0 radical (unpaired) electrons. The van der Waals surface area contributed by atoms with Gasteiger partial charge in [0.25, 0.3) is 0 Å². The van der Waals surface area contributed by atoms with Gasteiger partial charge in [-0.05, 0) is 111 Å². The van der Waals surface area contributed by atoms with Crippen molar-refractivity contribution >= 4 is 21.9 Å². The van der Waals surface area contributed by atoms with Gasteiger partial charge in [-0.3, -0.25) is 15.0 Å². The molecule has 0 amide bonds. The summed E-state index contributed by atoms with van der Waals surface area (Å²) in [6.45, 7) is 10.7. The third-order valence-electron chi connectivity index (χ3n) is 11.6. The maximum Gasteiger partial charge on any atom is 0.144 e. The largest absolute Gasteiger partial charge is 0.455 e. The zero-order chi connectivity index (χ0) is 50.9. The van der Waals surface area contributed by atoms with Crippen molar-refractivity contribution in [3.8, 4) is 39.8 Å². The second kappa shape index (κ2) is 16.6. The third kappa shape index (κ3) is 8.68. The molecule has 0 aliphatic carbocycles. The van der Waals surface area contributed by atoms with Gasteiger partial charge in [0.1, 0.15) is 11.2 Å². The Hall–Kier alpha value is -7.16. The Morgan fingerprint density at radius 2 is 1.08 bits per heavy atom. The number of pyridine rings is 3. The van der Waals surface area contributed by atoms with E-state index < -0.39 is 35.4 Å². The summed E-state index contributed by atoms with van der Waals surface area (Å²) in [4.78, 5) is 14.2. The SMILES string of the molecule is [2H]c1cc2c(oc3c(-c4ccc(C([2H])([2H])C(C)(C)c5cc(C([2H])([2H])C(C)(C)c6ccc(-c7ccccc7)nc6)cc(C([2H])([2H])C(C)(C)c6ccc(-c7ccccc7)nc6)c5)cn4)cccc32)c([2H])c1C#N. The predicted molar refractivity (Wildman–Crippen MR) is 258 cm³/mol. The molecule has 0 saturated heterocycles. The number of para-hydroxylation sites is 1. The molecule has 4 heterocycles. The molecule has 5 heteroatoms. The first kappa shape index (κ1) is 32.5. The maximum absolute atomic E-state index is 9.97. The van der Waals surface area contributed by atoms with Crippen LogP contribution in [0.2, 0.25) is 0 Å². The summed E-state index contributed by atoms with van der Waals surface area (Å²) in [6.07, 6.45) is -1.59. The number of nitriles is 1. The summed E-state index contributed by atoms with van der Waals surface area (Å²) in [7, 11) is 0. The summed E-state index contributed by atoms with van der Waals surface area (Å²) in [5.74, 6) is 0. The quantitative estimate of drug-likeness (QED) is 0.123. The summed E-state index contributed by atoms with van der Waals surface area (Å²) >= 11 is 0. The van der Waals surface area contributed by atoms with Crippen molar-refractivity contribution in [2.45, 2.75) is 76.9 Å². The molecule has 0 aliphatic rings. The van der Waals surface area contributed by atoms with Crippen molar-refractivity contribution in [1.82, 2.24) is 15.0 Å². The lowest BCUT2D eigenvalue weighted by atomic mass is 9.73. The van der Waals surface area contributed by atoms with Crippen LogP contribution in [0.1, 0.15) is 91.5 Å². The Balaban J connectivity index is 1.13. The first-order valence-electron chi connectivity index (χ1n) is 25.1. The average molecular weight is 829 g/mol. The third-order valence-corrected chi connectivity index (χ3v) is 11.6. The lowest BCUT2D eigenvalue weighted by Crippen LogP contribution is -2.25. The number of furan rings is 1. The molecular weight excluding hydrogens is 769 g/mol. The first-order valence-corrected chi connectivity index (χ1v) is 21.1. The van der Waals surface area contributed by atoms with E-state index in [1.165, 1.54) is 12.3 Å². The number of hydrogen-bond donors (Lipinski definition) is 0. The molecule has 310 valence electrons. The van der Waals surface area contributed by atoms with Gasteiger partial charge in [-0.1, -0.05) is 151 Å². The van der Waals surface area contributed by atoms with E-state index in [2.05, 4.69) is 0 Å². The van der Waals surface area contributed by atoms with E-state index in [-0.39, 0.29) is 39.9 Å². The Morgan fingerprint density at radius 3 is 1.60 bits per heavy atom. The van der Waals surface area contributed by atoms with Gasteiger partial charge in [0.2, 0.25) is 0 Å². The molecule has 4 aromatic heterocycles. The summed E-state index contributed by atoms with van der Waals surface area (Å²) in [5, 5.41) is 10.8. The molecule has 0 N–H and O–H groups in total. The normalized spacial score (nSPS) is 14.7. The van der Waals surface area contributed by atoms with E-state index in [9.17, 15) is 13.5 Å². The van der Waals surface area contributed by atoms with Crippen LogP contribution >= 0.6 is 0 Å². The van der Waals surface area contributed by atoms with Crippen LogP contribution in [0.4, 0.5) is 0 Å². The van der Waals surface area contributed by atoms with E-state index in [1.807, 2.05) is 131 Å². The minimum atomic E-state index is -2.16. The van der Waals surface area contributed by atoms with E-state index in [1.54, 1.807) is 62.6 Å². The Morgan fingerprint density at radius 1 is 0.540 bits per heavy atom. The highest BCUT2D eigenvalue weighted by Gasteiger charge is 2.29. The molecule has 0 unspecified atom stereocenters. The Labute approximate surface area is 382 Å². The van der Waals surface area contributed by atoms with Crippen LogP contribution in [0.5, 0.6) is 0 Å². The van der Waals surface area contributed by atoms with Crippen LogP contribution in [-0.4, -0.2) is 15.0 Å². The molecule has 0 saturated carbocycles. The Kier molecular flexibility index (Phi) is 8.58. The van der Waals surface area contributed by atoms with Crippen LogP contribution in [0.3, 0.4) is 0 Å². The molecule has 0 fully saturated rings. The molecule has 0 bridgehead atoms. The highest BCUT2D eigenvalue weighted by Crippen LogP contribution is 2.38. The van der Waals surface area contributed by atoms with Gasteiger partial charge in [0.15, 0.2) is 0 Å². The highest BCUT2D eigenvalue weighted by atomic mass is 16.3. The van der Waals surface area contributed by atoms with Crippen molar-refractivity contribution in [1.29, 1.82) is 5.26 Å². The fraction of sp³-hybridized carbons (Fsp3) is 0.207. The van der Waals surface area contributed by atoms with Gasteiger partial charge < -0.3 is 4.42 Å². The van der Waals surface area contributed by atoms with Crippen molar-refractivity contribution in [3.63, 3.8) is 0 Å². The van der Waals surface area contributed by atoms with Crippen molar-refractivity contribution in [2.75, 3.05) is 0 Å². The van der Waals surface area contributed by atoms with Gasteiger partial charge >= 0.3 is 0 Å². The zero-order valence-electron chi connectivity index (χ0n) is 44.2.